The maximum absolute atomic E-state index is 10.2. The molecule has 0 radical (unpaired) electrons. The van der Waals surface area contributed by atoms with Gasteiger partial charge in [-0.1, -0.05) is 0 Å². The van der Waals surface area contributed by atoms with Gasteiger partial charge >= 0.3 is 75.5 Å². The van der Waals surface area contributed by atoms with Crippen molar-refractivity contribution in [1.82, 2.24) is 0 Å². The predicted octanol–water partition coefficient (Wildman–Crippen LogP) is -3.54. The minimum atomic E-state index is -2.04. The normalized spacial score (nSPS) is 13.8. The van der Waals surface area contributed by atoms with Gasteiger partial charge in [0, 0.05) is 0 Å². The molecule has 0 saturated carbocycles. The van der Waals surface area contributed by atoms with Crippen molar-refractivity contribution in [2.45, 2.75) is 0 Å². The summed E-state index contributed by atoms with van der Waals surface area (Å²) in [7, 11) is 0. The summed E-state index contributed by atoms with van der Waals surface area (Å²) in [5.74, 6) is 0. The fourth-order valence-electron chi connectivity index (χ4n) is 0.574. The molecular formula is C6H5GeLiO2. The molecule has 0 atom stereocenters. The predicted molar refractivity (Wildman–Crippen MR) is 35.5 cm³/mol. The van der Waals surface area contributed by atoms with Crippen LogP contribution in [0, 0.1) is 0 Å². The zero-order valence-electron chi connectivity index (χ0n) is 5.70. The number of rotatable bonds is 1. The fourth-order valence-corrected chi connectivity index (χ4v) is 2.71. The second-order valence-corrected chi connectivity index (χ2v) is 5.82. The minimum Gasteiger partial charge on any atom is 1.00 e. The van der Waals surface area contributed by atoms with E-state index in [1.807, 2.05) is 6.08 Å². The van der Waals surface area contributed by atoms with E-state index in [0.717, 1.165) is 0 Å². The summed E-state index contributed by atoms with van der Waals surface area (Å²) >= 11 is -2.04. The first-order valence-corrected chi connectivity index (χ1v) is 6.04. The van der Waals surface area contributed by atoms with Gasteiger partial charge in [-0.3, -0.25) is 0 Å². The number of carbonyl (C=O) groups excluding carboxylic acids is 1. The SMILES string of the molecule is O=[C]([O-])[Ge]1=[CH]C=CC=[CH]1.[Li+]. The largest absolute Gasteiger partial charge is 1.00 e. The molecule has 0 aliphatic carbocycles. The number of allylic oxidation sites excluding steroid dienone is 3. The third kappa shape index (κ3) is 2.70. The van der Waals surface area contributed by atoms with Gasteiger partial charge in [-0.05, 0) is 0 Å². The Morgan fingerprint density at radius 3 is 2.30 bits per heavy atom. The molecule has 10 heavy (non-hydrogen) atoms. The number of carbonyl (C=O) groups is 1. The summed E-state index contributed by atoms with van der Waals surface area (Å²) < 4.78 is 0. The number of hydrogen-bond donors (Lipinski definition) is 0. The minimum absolute atomic E-state index is 0. The van der Waals surface area contributed by atoms with Crippen LogP contribution in [0.4, 0.5) is 4.79 Å². The molecule has 1 rings (SSSR count). The summed E-state index contributed by atoms with van der Waals surface area (Å²) in [6.45, 7) is 0. The van der Waals surface area contributed by atoms with Crippen LogP contribution in [0.1, 0.15) is 0 Å². The van der Waals surface area contributed by atoms with Gasteiger partial charge in [-0.25, -0.2) is 0 Å². The van der Waals surface area contributed by atoms with Crippen LogP contribution in [0.15, 0.2) is 23.1 Å². The molecule has 1 aliphatic heterocycles. The third-order valence-corrected chi connectivity index (χ3v) is 4.31. The molecule has 1 heterocycles. The van der Waals surface area contributed by atoms with Crippen LogP contribution in [0.5, 0.6) is 0 Å². The van der Waals surface area contributed by atoms with Crippen molar-refractivity contribution in [3.8, 4) is 0 Å². The summed E-state index contributed by atoms with van der Waals surface area (Å²) in [4.78, 5) is 12.8. The molecule has 0 aromatic rings. The Hall–Kier alpha value is -0.0397. The van der Waals surface area contributed by atoms with E-state index in [-0.39, 0.29) is 18.9 Å². The Balaban J connectivity index is 0.000000810. The fraction of sp³-hybridized carbons (Fsp3) is 0. The van der Waals surface area contributed by atoms with Crippen molar-refractivity contribution in [1.29, 1.82) is 0 Å². The standard InChI is InChI=1S/C6H6GeO2.Li/c8-6(9)7-4-2-1-3-5-7;/h1-5H,(H,8,9);/q;+1/p-1. The Bertz CT molecular complexity index is 218. The van der Waals surface area contributed by atoms with E-state index in [1.54, 1.807) is 21.9 Å². The number of hydrogen-bond acceptors (Lipinski definition) is 2. The van der Waals surface area contributed by atoms with Crippen LogP contribution < -0.4 is 24.0 Å². The van der Waals surface area contributed by atoms with E-state index in [4.69, 9.17) is 0 Å². The van der Waals surface area contributed by atoms with Crippen LogP contribution in [0.2, 0.25) is 0 Å². The van der Waals surface area contributed by atoms with Crippen molar-refractivity contribution in [2.24, 2.45) is 0 Å². The molecule has 0 aromatic heterocycles. The van der Waals surface area contributed by atoms with E-state index in [9.17, 15) is 9.90 Å². The summed E-state index contributed by atoms with van der Waals surface area (Å²) in [5, 5.41) is 10.2. The van der Waals surface area contributed by atoms with Crippen molar-refractivity contribution in [3.63, 3.8) is 0 Å². The van der Waals surface area contributed by atoms with E-state index in [2.05, 4.69) is 0 Å². The van der Waals surface area contributed by atoms with Crippen molar-refractivity contribution >= 4 is 23.6 Å². The van der Waals surface area contributed by atoms with E-state index in [1.165, 1.54) is 0 Å². The average molecular weight is 189 g/mol. The van der Waals surface area contributed by atoms with Gasteiger partial charge in [0.25, 0.3) is 0 Å². The van der Waals surface area contributed by atoms with Gasteiger partial charge in [-0.15, -0.1) is 0 Å². The molecule has 2 nitrogen and oxygen atoms in total. The summed E-state index contributed by atoms with van der Waals surface area (Å²) in [6, 6.07) is 0. The van der Waals surface area contributed by atoms with Crippen LogP contribution in [-0.4, -0.2) is 23.6 Å². The first-order chi connectivity index (χ1) is 4.30. The average Bonchev–Trinajstić information content (AvgIpc) is 1.90. The van der Waals surface area contributed by atoms with Crippen molar-refractivity contribution < 1.29 is 28.8 Å². The topological polar surface area (TPSA) is 40.1 Å². The Kier molecular flexibility index (Phi) is 4.71. The molecule has 0 N–H and O–H groups in total. The van der Waals surface area contributed by atoms with Gasteiger partial charge in [0.05, 0.1) is 0 Å². The first-order valence-electron chi connectivity index (χ1n) is 2.57. The van der Waals surface area contributed by atoms with Gasteiger partial charge in [0.2, 0.25) is 0 Å². The van der Waals surface area contributed by atoms with E-state index in [0.29, 0.717) is 0 Å². The van der Waals surface area contributed by atoms with E-state index < -0.39 is 18.7 Å². The molecular weight excluding hydrogens is 184 g/mol. The Morgan fingerprint density at radius 1 is 1.30 bits per heavy atom. The van der Waals surface area contributed by atoms with Gasteiger partial charge in [-0.2, -0.15) is 0 Å². The molecule has 1 aliphatic rings. The molecule has 0 bridgehead atoms. The van der Waals surface area contributed by atoms with Crippen molar-refractivity contribution in [3.05, 3.63) is 23.1 Å². The van der Waals surface area contributed by atoms with Crippen LogP contribution in [0.25, 0.3) is 0 Å². The van der Waals surface area contributed by atoms with Crippen LogP contribution >= 0.6 is 0 Å². The van der Waals surface area contributed by atoms with Gasteiger partial charge < -0.3 is 0 Å². The molecule has 0 spiro atoms. The van der Waals surface area contributed by atoms with Crippen LogP contribution in [0.3, 0.4) is 0 Å². The van der Waals surface area contributed by atoms with Crippen LogP contribution in [-0.2, 0) is 0 Å². The Labute approximate surface area is 75.4 Å². The zero-order chi connectivity index (χ0) is 6.69. The smallest absolute Gasteiger partial charge is 1.00 e. The third-order valence-electron chi connectivity index (χ3n) is 1.01. The monoisotopic (exact) mass is 190 g/mol. The summed E-state index contributed by atoms with van der Waals surface area (Å²) in [6.07, 6.45) is 5.36. The molecule has 0 unspecified atom stereocenters. The second kappa shape index (κ2) is 4.73. The maximum Gasteiger partial charge on any atom is 1.00 e. The molecule has 0 saturated heterocycles. The summed E-state index contributed by atoms with van der Waals surface area (Å²) in [5.41, 5.74) is 0. The first kappa shape index (κ1) is 9.96. The van der Waals surface area contributed by atoms with Gasteiger partial charge in [0.15, 0.2) is 0 Å². The van der Waals surface area contributed by atoms with Gasteiger partial charge in [0.1, 0.15) is 0 Å². The molecule has 4 heteroatoms. The molecule has 0 aromatic carbocycles. The maximum atomic E-state index is 10.2. The Morgan fingerprint density at radius 2 is 2.00 bits per heavy atom. The van der Waals surface area contributed by atoms with Crippen molar-refractivity contribution in [2.75, 3.05) is 0 Å². The zero-order valence-corrected chi connectivity index (χ0v) is 7.80. The molecule has 0 amide bonds. The second-order valence-electron chi connectivity index (χ2n) is 1.65. The molecule has 0 fully saturated rings. The molecule has 46 valence electrons. The number of carboxylic acid groups (broad SMARTS) is 1. The quantitative estimate of drug-likeness (QED) is 0.400. The van der Waals surface area contributed by atoms with E-state index >= 15 is 0 Å².